The van der Waals surface area contributed by atoms with E-state index in [1.807, 2.05) is 25.1 Å². The van der Waals surface area contributed by atoms with E-state index >= 15 is 0 Å². The SMILES string of the molecule is CC1OCNc2ccc(-c3cccc(F)c3)cc21. The van der Waals surface area contributed by atoms with Gasteiger partial charge in [0.25, 0.3) is 0 Å². The van der Waals surface area contributed by atoms with Gasteiger partial charge in [0, 0.05) is 11.3 Å². The first kappa shape index (κ1) is 11.2. The van der Waals surface area contributed by atoms with Crippen LogP contribution in [0.2, 0.25) is 0 Å². The second kappa shape index (κ2) is 4.42. The maximum absolute atomic E-state index is 13.2. The number of hydrogen-bond acceptors (Lipinski definition) is 2. The van der Waals surface area contributed by atoms with Crippen LogP contribution >= 0.6 is 0 Å². The minimum Gasteiger partial charge on any atom is -0.362 e. The van der Waals surface area contributed by atoms with Crippen molar-refractivity contribution in [2.24, 2.45) is 0 Å². The largest absolute Gasteiger partial charge is 0.362 e. The van der Waals surface area contributed by atoms with Crippen LogP contribution in [0.15, 0.2) is 42.5 Å². The monoisotopic (exact) mass is 243 g/mol. The van der Waals surface area contributed by atoms with Gasteiger partial charge in [-0.3, -0.25) is 0 Å². The van der Waals surface area contributed by atoms with Crippen molar-refractivity contribution >= 4 is 5.69 Å². The van der Waals surface area contributed by atoms with Gasteiger partial charge in [0.15, 0.2) is 0 Å². The molecule has 1 heterocycles. The molecule has 1 unspecified atom stereocenters. The number of ether oxygens (including phenoxy) is 1. The van der Waals surface area contributed by atoms with Crippen LogP contribution in [0.4, 0.5) is 10.1 Å². The highest BCUT2D eigenvalue weighted by Crippen LogP contribution is 2.33. The number of rotatable bonds is 1. The summed E-state index contributed by atoms with van der Waals surface area (Å²) in [7, 11) is 0. The third-order valence-corrected chi connectivity index (χ3v) is 3.24. The van der Waals surface area contributed by atoms with Gasteiger partial charge in [0.05, 0.1) is 6.10 Å². The molecule has 0 bridgehead atoms. The third-order valence-electron chi connectivity index (χ3n) is 3.24. The molecule has 3 heteroatoms. The molecule has 92 valence electrons. The second-order valence-electron chi connectivity index (χ2n) is 4.44. The molecule has 3 rings (SSSR count). The summed E-state index contributed by atoms with van der Waals surface area (Å²) in [6.07, 6.45) is 0.0646. The molecular weight excluding hydrogens is 229 g/mol. The summed E-state index contributed by atoms with van der Waals surface area (Å²) >= 11 is 0. The van der Waals surface area contributed by atoms with Gasteiger partial charge < -0.3 is 10.1 Å². The first-order chi connectivity index (χ1) is 8.74. The lowest BCUT2D eigenvalue weighted by Crippen LogP contribution is -2.17. The van der Waals surface area contributed by atoms with E-state index in [1.165, 1.54) is 6.07 Å². The third kappa shape index (κ3) is 1.97. The molecule has 2 aromatic carbocycles. The van der Waals surface area contributed by atoms with E-state index in [2.05, 4.69) is 11.4 Å². The van der Waals surface area contributed by atoms with E-state index < -0.39 is 0 Å². The zero-order valence-electron chi connectivity index (χ0n) is 10.1. The Kier molecular flexibility index (Phi) is 2.76. The maximum Gasteiger partial charge on any atom is 0.123 e. The highest BCUT2D eigenvalue weighted by Gasteiger charge is 2.16. The van der Waals surface area contributed by atoms with Crippen molar-refractivity contribution in [1.82, 2.24) is 0 Å². The van der Waals surface area contributed by atoms with Crippen molar-refractivity contribution in [3.8, 4) is 11.1 Å². The molecule has 0 aliphatic carbocycles. The van der Waals surface area contributed by atoms with Crippen molar-refractivity contribution < 1.29 is 9.13 Å². The Morgan fingerprint density at radius 3 is 2.83 bits per heavy atom. The van der Waals surface area contributed by atoms with Gasteiger partial charge in [0.1, 0.15) is 12.5 Å². The molecule has 1 atom stereocenters. The van der Waals surface area contributed by atoms with Gasteiger partial charge in [-0.1, -0.05) is 18.2 Å². The molecule has 0 fully saturated rings. The fourth-order valence-corrected chi connectivity index (χ4v) is 2.24. The van der Waals surface area contributed by atoms with Crippen molar-refractivity contribution in [2.45, 2.75) is 13.0 Å². The maximum atomic E-state index is 13.2. The number of anilines is 1. The Balaban J connectivity index is 2.06. The highest BCUT2D eigenvalue weighted by molar-refractivity contribution is 5.69. The highest BCUT2D eigenvalue weighted by atomic mass is 19.1. The van der Waals surface area contributed by atoms with Gasteiger partial charge in [-0.2, -0.15) is 0 Å². The van der Waals surface area contributed by atoms with Gasteiger partial charge >= 0.3 is 0 Å². The Morgan fingerprint density at radius 1 is 1.17 bits per heavy atom. The zero-order valence-corrected chi connectivity index (χ0v) is 10.1. The quantitative estimate of drug-likeness (QED) is 0.818. The van der Waals surface area contributed by atoms with Crippen LogP contribution in [0.3, 0.4) is 0 Å². The van der Waals surface area contributed by atoms with Crippen LogP contribution in [0.1, 0.15) is 18.6 Å². The summed E-state index contributed by atoms with van der Waals surface area (Å²) in [6, 6.07) is 12.7. The Hall–Kier alpha value is -1.87. The number of fused-ring (bicyclic) bond motifs is 1. The van der Waals surface area contributed by atoms with Crippen LogP contribution in [0.25, 0.3) is 11.1 Å². The minimum atomic E-state index is -0.215. The standard InChI is InChI=1S/C15H14FNO/c1-10-14-8-12(5-6-15(14)17-9-18-10)11-3-2-4-13(16)7-11/h2-8,10,17H,9H2,1H3. The van der Waals surface area contributed by atoms with Crippen LogP contribution in [0, 0.1) is 5.82 Å². The average Bonchev–Trinajstić information content (AvgIpc) is 2.39. The molecule has 0 saturated heterocycles. The molecule has 1 N–H and O–H groups in total. The molecule has 0 aromatic heterocycles. The lowest BCUT2D eigenvalue weighted by molar-refractivity contribution is 0.0727. The lowest BCUT2D eigenvalue weighted by atomic mass is 9.99. The zero-order chi connectivity index (χ0) is 12.5. The van der Waals surface area contributed by atoms with Crippen LogP contribution in [-0.4, -0.2) is 6.73 Å². The van der Waals surface area contributed by atoms with Crippen LogP contribution in [0.5, 0.6) is 0 Å². The molecule has 0 amide bonds. The smallest absolute Gasteiger partial charge is 0.123 e. The Labute approximate surface area is 105 Å². The number of halogens is 1. The topological polar surface area (TPSA) is 21.3 Å². The molecule has 1 aliphatic heterocycles. The predicted octanol–water partition coefficient (Wildman–Crippen LogP) is 3.95. The van der Waals surface area contributed by atoms with Gasteiger partial charge in [-0.05, 0) is 42.3 Å². The summed E-state index contributed by atoms with van der Waals surface area (Å²) in [5.41, 5.74) is 4.10. The summed E-state index contributed by atoms with van der Waals surface area (Å²) in [6.45, 7) is 2.56. The van der Waals surface area contributed by atoms with Gasteiger partial charge in [-0.15, -0.1) is 0 Å². The number of benzene rings is 2. The fourth-order valence-electron chi connectivity index (χ4n) is 2.24. The summed E-state index contributed by atoms with van der Waals surface area (Å²) in [5.74, 6) is -0.215. The second-order valence-corrected chi connectivity index (χ2v) is 4.44. The average molecular weight is 243 g/mol. The molecule has 0 spiro atoms. The normalized spacial score (nSPS) is 18.0. The molecule has 0 saturated carbocycles. The summed E-state index contributed by atoms with van der Waals surface area (Å²) in [4.78, 5) is 0. The molecule has 18 heavy (non-hydrogen) atoms. The fraction of sp³-hybridized carbons (Fsp3) is 0.200. The number of hydrogen-bond donors (Lipinski definition) is 1. The van der Waals surface area contributed by atoms with E-state index in [9.17, 15) is 4.39 Å². The molecule has 2 nitrogen and oxygen atoms in total. The van der Waals surface area contributed by atoms with E-state index in [-0.39, 0.29) is 11.9 Å². The van der Waals surface area contributed by atoms with Gasteiger partial charge in [0.2, 0.25) is 0 Å². The minimum absolute atomic E-state index is 0.0646. The predicted molar refractivity (Wildman–Crippen MR) is 69.8 cm³/mol. The molecule has 0 radical (unpaired) electrons. The Morgan fingerprint density at radius 2 is 2.00 bits per heavy atom. The van der Waals surface area contributed by atoms with Crippen LogP contribution < -0.4 is 5.32 Å². The first-order valence-corrected chi connectivity index (χ1v) is 5.99. The van der Waals surface area contributed by atoms with E-state index in [4.69, 9.17) is 4.74 Å². The van der Waals surface area contributed by atoms with Crippen molar-refractivity contribution in [3.05, 3.63) is 53.8 Å². The van der Waals surface area contributed by atoms with E-state index in [0.717, 1.165) is 22.4 Å². The number of nitrogens with one attached hydrogen (secondary N) is 1. The first-order valence-electron chi connectivity index (χ1n) is 5.99. The Bertz CT molecular complexity index is 582. The summed E-state index contributed by atoms with van der Waals surface area (Å²) < 4.78 is 18.8. The van der Waals surface area contributed by atoms with Gasteiger partial charge in [-0.25, -0.2) is 4.39 Å². The van der Waals surface area contributed by atoms with E-state index in [0.29, 0.717) is 6.73 Å². The molecular formula is C15H14FNO. The van der Waals surface area contributed by atoms with Crippen molar-refractivity contribution in [2.75, 3.05) is 12.0 Å². The van der Waals surface area contributed by atoms with E-state index in [1.54, 1.807) is 12.1 Å². The van der Waals surface area contributed by atoms with Crippen molar-refractivity contribution in [3.63, 3.8) is 0 Å². The molecule has 1 aliphatic rings. The lowest BCUT2D eigenvalue weighted by Gasteiger charge is -2.25. The van der Waals surface area contributed by atoms with Crippen molar-refractivity contribution in [1.29, 1.82) is 0 Å². The summed E-state index contributed by atoms with van der Waals surface area (Å²) in [5, 5.41) is 3.19. The molecule has 2 aromatic rings. The van der Waals surface area contributed by atoms with Crippen LogP contribution in [-0.2, 0) is 4.74 Å².